The molecular weight excluding hydrogens is 569 g/mol. The standard InChI is InChI=1S/C40H26N4S/c1-5-16-33-28(12-1)29-13-2-6-17-34(29)44(33)27-20-21-36-32(23-27)30-14-3-7-18-35(30)43(36)26-11-9-10-25(22-26)38-40-39(42-24-41-38)31-15-4-8-19-37(31)45-40/h1-3,5-14,16-24H,4,15H2. The summed E-state index contributed by atoms with van der Waals surface area (Å²) in [5, 5.41) is 5.02. The molecular formula is C40H26N4S. The third kappa shape index (κ3) is 3.59. The molecule has 10 rings (SSSR count). The van der Waals surface area contributed by atoms with Crippen LogP contribution in [0.15, 0.2) is 128 Å². The summed E-state index contributed by atoms with van der Waals surface area (Å²) in [4.78, 5) is 10.9. The molecule has 0 amide bonds. The van der Waals surface area contributed by atoms with Crippen LogP contribution >= 0.6 is 11.3 Å². The molecule has 1 aliphatic carbocycles. The predicted octanol–water partition coefficient (Wildman–Crippen LogP) is 10.5. The van der Waals surface area contributed by atoms with Crippen LogP contribution in [0.5, 0.6) is 0 Å². The van der Waals surface area contributed by atoms with Crippen LogP contribution in [-0.4, -0.2) is 19.1 Å². The quantitative estimate of drug-likeness (QED) is 0.204. The number of aryl methyl sites for hydroxylation is 1. The van der Waals surface area contributed by atoms with E-state index in [1.807, 2.05) is 11.3 Å². The van der Waals surface area contributed by atoms with E-state index in [2.05, 4.69) is 137 Å². The number of hydrogen-bond acceptors (Lipinski definition) is 3. The molecule has 0 bridgehead atoms. The van der Waals surface area contributed by atoms with Crippen molar-refractivity contribution >= 4 is 71.2 Å². The van der Waals surface area contributed by atoms with E-state index in [4.69, 9.17) is 9.97 Å². The lowest BCUT2D eigenvalue weighted by Gasteiger charge is -2.11. The van der Waals surface area contributed by atoms with Gasteiger partial charge in [-0.25, -0.2) is 9.97 Å². The first-order valence-corrected chi connectivity index (χ1v) is 16.2. The number of hydrogen-bond donors (Lipinski definition) is 0. The van der Waals surface area contributed by atoms with E-state index < -0.39 is 0 Å². The van der Waals surface area contributed by atoms with Crippen molar-refractivity contribution in [2.75, 3.05) is 0 Å². The molecule has 0 saturated heterocycles. The van der Waals surface area contributed by atoms with Gasteiger partial charge in [-0.1, -0.05) is 72.8 Å². The highest BCUT2D eigenvalue weighted by atomic mass is 32.1. The van der Waals surface area contributed by atoms with Crippen LogP contribution in [0.1, 0.15) is 16.9 Å². The van der Waals surface area contributed by atoms with Gasteiger partial charge in [0.25, 0.3) is 0 Å². The van der Waals surface area contributed by atoms with Crippen LogP contribution < -0.4 is 0 Å². The SMILES string of the molecule is C1=Cc2sc3c(-c4cccc(-n5c6ccccc6c6cc(-n7c8ccccc8c8ccccc87)ccc65)c4)ncnc3c2CC1. The van der Waals surface area contributed by atoms with Crippen molar-refractivity contribution in [2.24, 2.45) is 0 Å². The van der Waals surface area contributed by atoms with E-state index in [-0.39, 0.29) is 0 Å². The number of rotatable bonds is 3. The van der Waals surface area contributed by atoms with E-state index in [1.165, 1.54) is 58.8 Å². The molecule has 0 aliphatic heterocycles. The summed E-state index contributed by atoms with van der Waals surface area (Å²) in [5.41, 5.74) is 11.7. The summed E-state index contributed by atoms with van der Waals surface area (Å²) >= 11 is 1.81. The minimum Gasteiger partial charge on any atom is -0.309 e. The molecule has 0 radical (unpaired) electrons. The maximum absolute atomic E-state index is 4.82. The fourth-order valence-corrected chi connectivity index (χ4v) is 8.59. The average Bonchev–Trinajstić information content (AvgIpc) is 3.76. The molecule has 5 aromatic carbocycles. The van der Waals surface area contributed by atoms with Crippen molar-refractivity contribution in [1.29, 1.82) is 0 Å². The van der Waals surface area contributed by atoms with Gasteiger partial charge < -0.3 is 9.13 Å². The molecule has 4 nitrogen and oxygen atoms in total. The van der Waals surface area contributed by atoms with E-state index >= 15 is 0 Å². The van der Waals surface area contributed by atoms with Crippen LogP contribution in [0, 0.1) is 0 Å². The van der Waals surface area contributed by atoms with E-state index in [0.29, 0.717) is 0 Å². The number of benzene rings is 5. The summed E-state index contributed by atoms with van der Waals surface area (Å²) in [6, 6.07) is 41.8. The maximum atomic E-state index is 4.82. The zero-order chi connectivity index (χ0) is 29.5. The molecule has 0 saturated carbocycles. The Morgan fingerprint density at radius 1 is 0.578 bits per heavy atom. The fourth-order valence-electron chi connectivity index (χ4n) is 7.34. The van der Waals surface area contributed by atoms with Gasteiger partial charge in [0.2, 0.25) is 0 Å². The molecule has 5 heteroatoms. The highest BCUT2D eigenvalue weighted by Crippen LogP contribution is 2.40. The molecule has 0 unspecified atom stereocenters. The van der Waals surface area contributed by atoms with Gasteiger partial charge in [0.05, 0.1) is 38.0 Å². The minimum absolute atomic E-state index is 1.00. The average molecular weight is 595 g/mol. The molecule has 1 aliphatic rings. The van der Waals surface area contributed by atoms with Crippen molar-refractivity contribution < 1.29 is 0 Å². The van der Waals surface area contributed by atoms with Crippen molar-refractivity contribution in [1.82, 2.24) is 19.1 Å². The molecule has 0 fully saturated rings. The topological polar surface area (TPSA) is 35.6 Å². The van der Waals surface area contributed by atoms with Crippen LogP contribution in [-0.2, 0) is 6.42 Å². The molecule has 9 aromatic rings. The van der Waals surface area contributed by atoms with Gasteiger partial charge in [0.1, 0.15) is 6.33 Å². The lowest BCUT2D eigenvalue weighted by Crippen LogP contribution is -1.96. The Bertz CT molecular complexity index is 2610. The Labute approximate surface area is 263 Å². The normalized spacial score (nSPS) is 13.1. The number of fused-ring (bicyclic) bond motifs is 9. The second-order valence-electron chi connectivity index (χ2n) is 11.8. The highest BCUT2D eigenvalue weighted by molar-refractivity contribution is 7.20. The molecule has 0 N–H and O–H groups in total. The fraction of sp³-hybridized carbons (Fsp3) is 0.0500. The first-order chi connectivity index (χ1) is 22.3. The van der Waals surface area contributed by atoms with Crippen molar-refractivity contribution in [3.63, 3.8) is 0 Å². The maximum Gasteiger partial charge on any atom is 0.116 e. The lowest BCUT2D eigenvalue weighted by atomic mass is 10.0. The zero-order valence-corrected chi connectivity index (χ0v) is 25.1. The second-order valence-corrected chi connectivity index (χ2v) is 12.8. The first-order valence-electron chi connectivity index (χ1n) is 15.4. The highest BCUT2D eigenvalue weighted by Gasteiger charge is 2.20. The lowest BCUT2D eigenvalue weighted by molar-refractivity contribution is 0.999. The smallest absolute Gasteiger partial charge is 0.116 e. The van der Waals surface area contributed by atoms with Gasteiger partial charge in [-0.15, -0.1) is 11.3 Å². The van der Waals surface area contributed by atoms with Crippen LogP contribution in [0.4, 0.5) is 0 Å². The number of nitrogens with zero attached hydrogens (tertiary/aromatic N) is 4. The minimum atomic E-state index is 1.00. The van der Waals surface area contributed by atoms with Crippen LogP contribution in [0.25, 0.3) is 82.5 Å². The molecule has 0 spiro atoms. The number of allylic oxidation sites excluding steroid dienone is 1. The van der Waals surface area contributed by atoms with Crippen molar-refractivity contribution in [3.05, 3.63) is 138 Å². The van der Waals surface area contributed by atoms with Crippen LogP contribution in [0.2, 0.25) is 0 Å². The third-order valence-corrected chi connectivity index (χ3v) is 10.5. The summed E-state index contributed by atoms with van der Waals surface area (Å²) in [6.45, 7) is 0. The largest absolute Gasteiger partial charge is 0.309 e. The second kappa shape index (κ2) is 9.49. The predicted molar refractivity (Wildman–Crippen MR) is 189 cm³/mol. The monoisotopic (exact) mass is 594 g/mol. The molecule has 4 aromatic heterocycles. The van der Waals surface area contributed by atoms with Gasteiger partial charge in [0, 0.05) is 43.4 Å². The van der Waals surface area contributed by atoms with E-state index in [1.54, 1.807) is 6.33 Å². The Balaban J connectivity index is 1.19. The molecule has 4 heterocycles. The van der Waals surface area contributed by atoms with E-state index in [0.717, 1.165) is 41.0 Å². The van der Waals surface area contributed by atoms with Crippen molar-refractivity contribution in [3.8, 4) is 22.6 Å². The molecule has 0 atom stereocenters. The Morgan fingerprint density at radius 3 is 1.96 bits per heavy atom. The summed E-state index contributed by atoms with van der Waals surface area (Å²) in [7, 11) is 0. The Kier molecular flexibility index (Phi) is 5.24. The number of aromatic nitrogens is 4. The van der Waals surface area contributed by atoms with Gasteiger partial charge in [-0.2, -0.15) is 0 Å². The van der Waals surface area contributed by atoms with Gasteiger partial charge in [-0.3, -0.25) is 0 Å². The summed E-state index contributed by atoms with van der Waals surface area (Å²) in [5.74, 6) is 0. The molecule has 212 valence electrons. The Morgan fingerprint density at radius 2 is 1.22 bits per heavy atom. The van der Waals surface area contributed by atoms with Crippen LogP contribution in [0.3, 0.4) is 0 Å². The third-order valence-electron chi connectivity index (χ3n) is 9.30. The first kappa shape index (κ1) is 24.9. The van der Waals surface area contributed by atoms with E-state index in [9.17, 15) is 0 Å². The number of para-hydroxylation sites is 3. The van der Waals surface area contributed by atoms with Gasteiger partial charge in [-0.05, 0) is 73.0 Å². The molecule has 45 heavy (non-hydrogen) atoms. The number of thiophene rings is 1. The van der Waals surface area contributed by atoms with Crippen molar-refractivity contribution in [2.45, 2.75) is 12.8 Å². The van der Waals surface area contributed by atoms with Gasteiger partial charge in [0.15, 0.2) is 0 Å². The Hall–Kier alpha value is -5.52. The van der Waals surface area contributed by atoms with Gasteiger partial charge >= 0.3 is 0 Å². The summed E-state index contributed by atoms with van der Waals surface area (Å²) < 4.78 is 5.96. The zero-order valence-electron chi connectivity index (χ0n) is 24.3. The summed E-state index contributed by atoms with van der Waals surface area (Å²) in [6.07, 6.45) is 8.35.